The molecule has 2 unspecified atom stereocenters. The maximum Gasteiger partial charge on any atom is 0.490 e. The van der Waals surface area contributed by atoms with Crippen LogP contribution < -0.4 is 15.1 Å². The molecule has 37 heavy (non-hydrogen) atoms. The Kier molecular flexibility index (Phi) is 9.07. The van der Waals surface area contributed by atoms with Crippen molar-refractivity contribution >= 4 is 28.9 Å². The summed E-state index contributed by atoms with van der Waals surface area (Å²) in [5.74, 6) is -2.83. The molecule has 2 atom stereocenters. The zero-order valence-electron chi connectivity index (χ0n) is 21.7. The van der Waals surface area contributed by atoms with Crippen molar-refractivity contribution in [3.05, 3.63) is 53.6 Å². The van der Waals surface area contributed by atoms with E-state index in [2.05, 4.69) is 41.1 Å². The summed E-state index contributed by atoms with van der Waals surface area (Å²) in [5, 5.41) is 10.2. The third-order valence-corrected chi connectivity index (χ3v) is 6.90. The Hall–Kier alpha value is -3.27. The van der Waals surface area contributed by atoms with E-state index in [1.807, 2.05) is 49.3 Å². The van der Waals surface area contributed by atoms with Gasteiger partial charge in [0, 0.05) is 61.9 Å². The standard InChI is InChI=1S/C25H34N4O.C2HF3O2/c1-18-15-21(26-25(30)20-8-5-9-22(16-20)27(3)4)10-11-24(18)28-14-12-23(17-28)29-13-6-7-19(29)2;3-2(4,5)1(6)7/h5,8-11,15-16,19,23H,6-7,12-14,17H2,1-4H3,(H,26,30);(H,6,7). The fraction of sp³-hybridized carbons (Fsp3) is 0.481. The number of carbonyl (C=O) groups is 2. The zero-order chi connectivity index (χ0) is 27.3. The Morgan fingerprint density at radius 3 is 2.35 bits per heavy atom. The van der Waals surface area contributed by atoms with E-state index in [0.29, 0.717) is 11.6 Å². The number of hydrogen-bond acceptors (Lipinski definition) is 5. The highest BCUT2D eigenvalue weighted by Gasteiger charge is 2.38. The van der Waals surface area contributed by atoms with Gasteiger partial charge in [0.05, 0.1) is 0 Å². The number of benzene rings is 2. The lowest BCUT2D eigenvalue weighted by Crippen LogP contribution is -2.39. The Bertz CT molecular complexity index is 1110. The Balaban J connectivity index is 0.000000479. The van der Waals surface area contributed by atoms with Crippen LogP contribution in [0.15, 0.2) is 42.5 Å². The lowest BCUT2D eigenvalue weighted by atomic mass is 10.1. The van der Waals surface area contributed by atoms with Crippen LogP contribution >= 0.6 is 0 Å². The number of amides is 1. The first-order valence-corrected chi connectivity index (χ1v) is 12.4. The van der Waals surface area contributed by atoms with Crippen LogP contribution in [0.5, 0.6) is 0 Å². The normalized spacial score (nSPS) is 19.8. The second kappa shape index (κ2) is 11.9. The van der Waals surface area contributed by atoms with Crippen molar-refractivity contribution < 1.29 is 27.9 Å². The number of rotatable bonds is 5. The molecule has 2 N–H and O–H groups in total. The second-order valence-electron chi connectivity index (χ2n) is 9.82. The van der Waals surface area contributed by atoms with E-state index >= 15 is 0 Å². The summed E-state index contributed by atoms with van der Waals surface area (Å²) in [6.07, 6.45) is -1.17. The maximum atomic E-state index is 12.7. The molecule has 4 rings (SSSR count). The monoisotopic (exact) mass is 520 g/mol. The molecule has 2 aromatic carbocycles. The van der Waals surface area contributed by atoms with Gasteiger partial charge in [-0.05, 0) is 81.6 Å². The number of alkyl halides is 3. The molecule has 7 nitrogen and oxygen atoms in total. The van der Waals surface area contributed by atoms with E-state index in [1.54, 1.807) is 0 Å². The molecule has 0 bridgehead atoms. The van der Waals surface area contributed by atoms with Crippen molar-refractivity contribution in [2.24, 2.45) is 0 Å². The molecule has 2 heterocycles. The van der Waals surface area contributed by atoms with E-state index in [4.69, 9.17) is 9.90 Å². The summed E-state index contributed by atoms with van der Waals surface area (Å²) in [4.78, 5) is 28.8. The highest BCUT2D eigenvalue weighted by Crippen LogP contribution is 2.31. The maximum absolute atomic E-state index is 12.7. The molecule has 0 aromatic heterocycles. The Morgan fingerprint density at radius 1 is 1.08 bits per heavy atom. The van der Waals surface area contributed by atoms with Crippen molar-refractivity contribution in [3.63, 3.8) is 0 Å². The average molecular weight is 521 g/mol. The smallest absolute Gasteiger partial charge is 0.475 e. The van der Waals surface area contributed by atoms with Gasteiger partial charge in [0.15, 0.2) is 0 Å². The molecule has 0 radical (unpaired) electrons. The van der Waals surface area contributed by atoms with Gasteiger partial charge in [0.25, 0.3) is 5.91 Å². The molecular formula is C27H35F3N4O3. The minimum absolute atomic E-state index is 0.0740. The molecule has 2 aliphatic heterocycles. The summed E-state index contributed by atoms with van der Waals surface area (Å²) in [7, 11) is 3.96. The second-order valence-corrected chi connectivity index (χ2v) is 9.82. The van der Waals surface area contributed by atoms with Gasteiger partial charge in [-0.1, -0.05) is 6.07 Å². The summed E-state index contributed by atoms with van der Waals surface area (Å²) in [6.45, 7) is 7.97. The minimum Gasteiger partial charge on any atom is -0.475 e. The van der Waals surface area contributed by atoms with Crippen LogP contribution in [-0.4, -0.2) is 73.9 Å². The zero-order valence-corrected chi connectivity index (χ0v) is 21.7. The molecule has 2 aliphatic rings. The fourth-order valence-corrected chi connectivity index (χ4v) is 4.95. The third-order valence-electron chi connectivity index (χ3n) is 6.90. The van der Waals surface area contributed by atoms with Gasteiger partial charge in [-0.25, -0.2) is 4.79 Å². The highest BCUT2D eigenvalue weighted by molar-refractivity contribution is 6.05. The topological polar surface area (TPSA) is 76.1 Å². The van der Waals surface area contributed by atoms with Gasteiger partial charge in [0.2, 0.25) is 0 Å². The van der Waals surface area contributed by atoms with Crippen molar-refractivity contribution in [3.8, 4) is 0 Å². The van der Waals surface area contributed by atoms with Crippen molar-refractivity contribution in [2.45, 2.75) is 51.4 Å². The minimum atomic E-state index is -5.08. The van der Waals surface area contributed by atoms with Crippen LogP contribution in [0.2, 0.25) is 0 Å². The van der Waals surface area contributed by atoms with E-state index in [1.165, 1.54) is 37.1 Å². The van der Waals surface area contributed by atoms with Crippen molar-refractivity contribution in [1.29, 1.82) is 0 Å². The van der Waals surface area contributed by atoms with Gasteiger partial charge < -0.3 is 20.2 Å². The molecule has 2 aromatic rings. The molecule has 2 saturated heterocycles. The number of anilines is 3. The van der Waals surface area contributed by atoms with Gasteiger partial charge in [-0.15, -0.1) is 0 Å². The number of aryl methyl sites for hydroxylation is 1. The molecule has 202 valence electrons. The van der Waals surface area contributed by atoms with Crippen LogP contribution in [0, 0.1) is 6.92 Å². The molecule has 0 aliphatic carbocycles. The van der Waals surface area contributed by atoms with Crippen molar-refractivity contribution in [2.75, 3.05) is 48.8 Å². The number of carboxylic acid groups (broad SMARTS) is 1. The average Bonchev–Trinajstić information content (AvgIpc) is 3.48. The number of halogens is 3. The lowest BCUT2D eigenvalue weighted by molar-refractivity contribution is -0.192. The van der Waals surface area contributed by atoms with Crippen LogP contribution in [0.4, 0.5) is 30.2 Å². The lowest BCUT2D eigenvalue weighted by Gasteiger charge is -2.29. The van der Waals surface area contributed by atoms with Crippen molar-refractivity contribution in [1.82, 2.24) is 4.90 Å². The quantitative estimate of drug-likeness (QED) is 0.577. The van der Waals surface area contributed by atoms with Crippen LogP contribution in [0.1, 0.15) is 42.1 Å². The molecule has 0 spiro atoms. The van der Waals surface area contributed by atoms with Crippen LogP contribution in [0.3, 0.4) is 0 Å². The number of aliphatic carboxylic acids is 1. The van der Waals surface area contributed by atoms with Crippen LogP contribution in [0.25, 0.3) is 0 Å². The molecule has 1 amide bonds. The predicted octanol–water partition coefficient (Wildman–Crippen LogP) is 5.01. The largest absolute Gasteiger partial charge is 0.490 e. The summed E-state index contributed by atoms with van der Waals surface area (Å²) in [5.41, 5.74) is 5.04. The van der Waals surface area contributed by atoms with E-state index in [-0.39, 0.29) is 5.91 Å². The predicted molar refractivity (Wildman–Crippen MR) is 140 cm³/mol. The third kappa shape index (κ3) is 7.38. The number of nitrogens with zero attached hydrogens (tertiary/aromatic N) is 3. The van der Waals surface area contributed by atoms with E-state index in [0.717, 1.165) is 30.5 Å². The SMILES string of the molecule is Cc1cc(NC(=O)c2cccc(N(C)C)c2)ccc1N1CCC(N2CCCC2C)C1.O=C(O)C(F)(F)F. The number of nitrogens with one attached hydrogen (secondary N) is 1. The summed E-state index contributed by atoms with van der Waals surface area (Å²) < 4.78 is 31.7. The first-order chi connectivity index (χ1) is 17.4. The molecule has 2 fully saturated rings. The molecular weight excluding hydrogens is 485 g/mol. The summed E-state index contributed by atoms with van der Waals surface area (Å²) in [6, 6.07) is 15.4. The fourth-order valence-electron chi connectivity index (χ4n) is 4.95. The highest BCUT2D eigenvalue weighted by atomic mass is 19.4. The molecule has 10 heteroatoms. The Morgan fingerprint density at radius 2 is 1.78 bits per heavy atom. The Labute approximate surface area is 215 Å². The molecule has 0 saturated carbocycles. The number of hydrogen-bond donors (Lipinski definition) is 2. The number of likely N-dealkylation sites (tertiary alicyclic amines) is 1. The van der Waals surface area contributed by atoms with Crippen LogP contribution in [-0.2, 0) is 4.79 Å². The van der Waals surface area contributed by atoms with E-state index < -0.39 is 12.1 Å². The van der Waals surface area contributed by atoms with Gasteiger partial charge in [0.1, 0.15) is 0 Å². The first-order valence-electron chi connectivity index (χ1n) is 12.4. The number of carbonyl (C=O) groups excluding carboxylic acids is 1. The van der Waals surface area contributed by atoms with Gasteiger partial charge in [-0.2, -0.15) is 13.2 Å². The van der Waals surface area contributed by atoms with Gasteiger partial charge >= 0.3 is 12.1 Å². The summed E-state index contributed by atoms with van der Waals surface area (Å²) >= 11 is 0. The number of carboxylic acids is 1. The van der Waals surface area contributed by atoms with E-state index in [9.17, 15) is 18.0 Å². The first kappa shape index (κ1) is 28.3. The van der Waals surface area contributed by atoms with Gasteiger partial charge in [-0.3, -0.25) is 9.69 Å².